The predicted molar refractivity (Wildman–Crippen MR) is 54.6 cm³/mol. The molecule has 0 aromatic carbocycles. The Balaban J connectivity index is 2.28. The van der Waals surface area contributed by atoms with Gasteiger partial charge in [0, 0.05) is 0 Å². The highest BCUT2D eigenvalue weighted by Gasteiger charge is 1.92. The summed E-state index contributed by atoms with van der Waals surface area (Å²) in [6.45, 7) is 2.13. The molecule has 1 rings (SSSR count). The maximum atomic E-state index is 5.30. The highest BCUT2D eigenvalue weighted by Crippen LogP contribution is 2.41. The number of allylic oxidation sites excluding steroid dienone is 1. The molecule has 4 nitrogen and oxygen atoms in total. The predicted octanol–water partition coefficient (Wildman–Crippen LogP) is 4.65. The van der Waals surface area contributed by atoms with E-state index in [9.17, 15) is 0 Å². The summed E-state index contributed by atoms with van der Waals surface area (Å²) in [5, 5.41) is 0. The minimum Gasteiger partial charge on any atom is -0.451 e. The van der Waals surface area contributed by atoms with Gasteiger partial charge in [-0.05, 0) is 12.5 Å². The summed E-state index contributed by atoms with van der Waals surface area (Å²) in [5.74, 6) is 0. The first-order valence-electron chi connectivity index (χ1n) is 3.64. The Bertz CT molecular complexity index is 248. The molecule has 0 saturated heterocycles. The maximum Gasteiger partial charge on any atom is 0.248 e. The van der Waals surface area contributed by atoms with E-state index in [1.54, 1.807) is 6.26 Å². The molecule has 7 heteroatoms. The van der Waals surface area contributed by atoms with Crippen LogP contribution in [0.5, 0.6) is 0 Å². The molecule has 1 aliphatic rings. The van der Waals surface area contributed by atoms with Gasteiger partial charge in [0.05, 0.1) is 6.26 Å². The molecule has 0 bridgehead atoms. The second-order valence-electron chi connectivity index (χ2n) is 2.03. The standard InChI is InChI=1S/C5H10N3OP3/c1-2-3-4-5-9-12-7-10-6-11-8-12/h4-5,12H,2-3H2,1H3. The molecule has 0 fully saturated rings. The van der Waals surface area contributed by atoms with Crippen LogP contribution < -0.4 is 0 Å². The molecular weight excluding hydrogens is 211 g/mol. The highest BCUT2D eigenvalue weighted by atomic mass is 31.2. The van der Waals surface area contributed by atoms with Crippen LogP contribution in [0.25, 0.3) is 0 Å². The monoisotopic (exact) mass is 221 g/mol. The molecule has 66 valence electrons. The van der Waals surface area contributed by atoms with Gasteiger partial charge in [-0.25, -0.2) is 0 Å². The zero-order valence-electron chi connectivity index (χ0n) is 6.71. The average Bonchev–Trinajstić information content (AvgIpc) is 2.14. The summed E-state index contributed by atoms with van der Waals surface area (Å²) in [5.41, 5.74) is 0. The van der Waals surface area contributed by atoms with Crippen LogP contribution in [0, 0.1) is 0 Å². The molecule has 1 aliphatic heterocycles. The lowest BCUT2D eigenvalue weighted by Gasteiger charge is -1.99. The molecule has 1 atom stereocenters. The lowest BCUT2D eigenvalue weighted by Crippen LogP contribution is -1.64. The zero-order valence-corrected chi connectivity index (χ0v) is 9.50. The first-order valence-corrected chi connectivity index (χ1v) is 6.54. The fourth-order valence-electron chi connectivity index (χ4n) is 0.545. The van der Waals surface area contributed by atoms with Crippen molar-refractivity contribution in [2.75, 3.05) is 0 Å². The van der Waals surface area contributed by atoms with E-state index < -0.39 is 8.09 Å². The maximum absolute atomic E-state index is 5.30. The SMILES string of the molecule is CCCC=CO[PH]1=NP=NP=N1. The van der Waals surface area contributed by atoms with Gasteiger partial charge in [0.1, 0.15) is 0 Å². The molecule has 12 heavy (non-hydrogen) atoms. The molecular formula is C5H10N3OP3. The van der Waals surface area contributed by atoms with Crippen molar-refractivity contribution in [3.05, 3.63) is 12.3 Å². The Labute approximate surface area is 75.9 Å². The third-order valence-electron chi connectivity index (χ3n) is 1.07. The fourth-order valence-corrected chi connectivity index (χ4v) is 3.46. The molecule has 0 radical (unpaired) electrons. The molecule has 1 unspecified atom stereocenters. The van der Waals surface area contributed by atoms with Crippen molar-refractivity contribution in [2.24, 2.45) is 13.5 Å². The van der Waals surface area contributed by atoms with Crippen LogP contribution >= 0.6 is 25.1 Å². The lowest BCUT2D eigenvalue weighted by atomic mass is 10.3. The number of unbranched alkanes of at least 4 members (excludes halogenated alkanes) is 1. The molecule has 0 aromatic heterocycles. The Morgan fingerprint density at radius 3 is 3.08 bits per heavy atom. The third-order valence-corrected chi connectivity index (χ3v) is 4.14. The van der Waals surface area contributed by atoms with Crippen LogP contribution in [0.15, 0.2) is 25.9 Å². The molecule has 0 spiro atoms. The number of hydrogen-bond donors (Lipinski definition) is 0. The second-order valence-corrected chi connectivity index (χ2v) is 5.50. The van der Waals surface area contributed by atoms with E-state index >= 15 is 0 Å². The minimum atomic E-state index is -1.28. The number of nitrogens with zero attached hydrogens (tertiary/aromatic N) is 3. The van der Waals surface area contributed by atoms with Crippen molar-refractivity contribution in [1.82, 2.24) is 0 Å². The van der Waals surface area contributed by atoms with Gasteiger partial charge in [-0.2, -0.15) is 13.5 Å². The lowest BCUT2D eigenvalue weighted by molar-refractivity contribution is 0.540. The van der Waals surface area contributed by atoms with Crippen molar-refractivity contribution in [3.63, 3.8) is 0 Å². The van der Waals surface area contributed by atoms with Crippen LogP contribution in [-0.2, 0) is 4.52 Å². The van der Waals surface area contributed by atoms with Gasteiger partial charge in [-0.3, -0.25) is 0 Å². The van der Waals surface area contributed by atoms with Crippen molar-refractivity contribution in [1.29, 1.82) is 0 Å². The van der Waals surface area contributed by atoms with E-state index in [1.807, 2.05) is 6.08 Å². The van der Waals surface area contributed by atoms with Crippen molar-refractivity contribution in [2.45, 2.75) is 19.8 Å². The van der Waals surface area contributed by atoms with Crippen LogP contribution in [-0.4, -0.2) is 0 Å². The third kappa shape index (κ3) is 4.11. The Morgan fingerprint density at radius 1 is 1.50 bits per heavy atom. The van der Waals surface area contributed by atoms with Gasteiger partial charge in [0.2, 0.25) is 8.09 Å². The summed E-state index contributed by atoms with van der Waals surface area (Å²) in [6.07, 6.45) is 5.90. The van der Waals surface area contributed by atoms with Gasteiger partial charge in [-0.15, -0.1) is 0 Å². The Hall–Kier alpha value is -0.0300. The molecule has 0 N–H and O–H groups in total. The molecule has 0 saturated carbocycles. The second kappa shape index (κ2) is 6.48. The van der Waals surface area contributed by atoms with Crippen LogP contribution in [0.3, 0.4) is 0 Å². The summed E-state index contributed by atoms with van der Waals surface area (Å²) in [6, 6.07) is 0. The van der Waals surface area contributed by atoms with Gasteiger partial charge < -0.3 is 4.52 Å². The average molecular weight is 221 g/mol. The van der Waals surface area contributed by atoms with Crippen molar-refractivity contribution < 1.29 is 4.52 Å². The topological polar surface area (TPSA) is 46.3 Å². The van der Waals surface area contributed by atoms with Crippen LogP contribution in [0.1, 0.15) is 19.8 Å². The first kappa shape index (κ1) is 10.1. The van der Waals surface area contributed by atoms with Gasteiger partial charge in [0.25, 0.3) is 0 Å². The summed E-state index contributed by atoms with van der Waals surface area (Å²) < 4.78 is 17.4. The van der Waals surface area contributed by atoms with Gasteiger partial charge >= 0.3 is 0 Å². The van der Waals surface area contributed by atoms with E-state index in [2.05, 4.69) is 20.5 Å². The molecule has 1 heterocycles. The van der Waals surface area contributed by atoms with E-state index in [0.29, 0.717) is 0 Å². The van der Waals surface area contributed by atoms with Crippen molar-refractivity contribution >= 4 is 25.1 Å². The van der Waals surface area contributed by atoms with Gasteiger partial charge in [0.15, 0.2) is 17.0 Å². The summed E-state index contributed by atoms with van der Waals surface area (Å²) >= 11 is 0. The highest BCUT2D eigenvalue weighted by molar-refractivity contribution is 7.56. The van der Waals surface area contributed by atoms with Crippen LogP contribution in [0.4, 0.5) is 0 Å². The molecule has 0 amide bonds. The summed E-state index contributed by atoms with van der Waals surface area (Å²) in [7, 11) is 0.238. The quantitative estimate of drug-likeness (QED) is 0.503. The minimum absolute atomic E-state index is 0.761. The Kier molecular flexibility index (Phi) is 5.43. The van der Waals surface area contributed by atoms with E-state index in [4.69, 9.17) is 4.52 Å². The first-order chi connectivity index (χ1) is 5.93. The number of rotatable bonds is 4. The van der Waals surface area contributed by atoms with E-state index in [1.165, 1.54) is 0 Å². The zero-order chi connectivity index (χ0) is 8.65. The van der Waals surface area contributed by atoms with E-state index in [0.717, 1.165) is 29.9 Å². The normalized spacial score (nSPS) is 23.9. The Morgan fingerprint density at radius 2 is 2.42 bits per heavy atom. The van der Waals surface area contributed by atoms with Gasteiger partial charge in [-0.1, -0.05) is 13.3 Å². The number of hydrogen-bond acceptors (Lipinski definition) is 4. The smallest absolute Gasteiger partial charge is 0.248 e. The largest absolute Gasteiger partial charge is 0.451 e. The molecule has 0 aromatic rings. The fraction of sp³-hybridized carbons (Fsp3) is 0.600. The molecule has 0 aliphatic carbocycles. The summed E-state index contributed by atoms with van der Waals surface area (Å²) in [4.78, 5) is 0. The van der Waals surface area contributed by atoms with Crippen LogP contribution in [0.2, 0.25) is 0 Å². The van der Waals surface area contributed by atoms with Crippen molar-refractivity contribution in [3.8, 4) is 0 Å². The van der Waals surface area contributed by atoms with E-state index in [-0.39, 0.29) is 0 Å².